The standard InChI is InChI=1S/C22H40N2O4.C12H15NO.C2H6/c1-20(2)11-10-12-21(3)22(26)24-14-18-28-16-9-7-5-4-6-8-15-27-17-13-23-19-25;14-12(13-8-4-5-9-13)10-11-6-2-1-3-7-11;1-2/h19-21H,6-18H2,1-3H3,(H,23,25)(H,24,26);1-3,6-7H,4-5,8-10H2;1-2H3/t21-;;/m1../s1. The SMILES string of the molecule is CC.CC(C)CCC[C@@H](C)C(=O)NCCOCCCC#CCCCOCCNC=O.O=C(Cc1ccccc1)N1CCCC1. The second kappa shape index (κ2) is 30.1. The van der Waals surface area contributed by atoms with Gasteiger partial charge in [-0.15, -0.1) is 11.8 Å². The lowest BCUT2D eigenvalue weighted by molar-refractivity contribution is -0.129. The summed E-state index contributed by atoms with van der Waals surface area (Å²) in [6.07, 6.45) is 10.3. The van der Waals surface area contributed by atoms with Crippen LogP contribution in [0.3, 0.4) is 0 Å². The van der Waals surface area contributed by atoms with E-state index in [1.165, 1.54) is 19.3 Å². The third kappa shape index (κ3) is 24.5. The lowest BCUT2D eigenvalue weighted by Crippen LogP contribution is -2.32. The van der Waals surface area contributed by atoms with Crippen molar-refractivity contribution in [3.05, 3.63) is 35.9 Å². The van der Waals surface area contributed by atoms with Gasteiger partial charge < -0.3 is 25.0 Å². The Hall–Kier alpha value is -2.89. The van der Waals surface area contributed by atoms with Crippen LogP contribution in [0.5, 0.6) is 0 Å². The van der Waals surface area contributed by atoms with E-state index >= 15 is 0 Å². The van der Waals surface area contributed by atoms with Crippen molar-refractivity contribution in [1.29, 1.82) is 0 Å². The average Bonchev–Trinajstić information content (AvgIpc) is 3.58. The van der Waals surface area contributed by atoms with Crippen molar-refractivity contribution in [2.75, 3.05) is 52.6 Å². The molecular weight excluding hydrogens is 554 g/mol. The van der Waals surface area contributed by atoms with Gasteiger partial charge in [-0.25, -0.2) is 0 Å². The first-order valence-corrected chi connectivity index (χ1v) is 16.8. The number of benzene rings is 1. The van der Waals surface area contributed by atoms with Gasteiger partial charge in [0.1, 0.15) is 0 Å². The van der Waals surface area contributed by atoms with E-state index in [1.807, 2.05) is 56.0 Å². The molecule has 8 heteroatoms. The highest BCUT2D eigenvalue weighted by Crippen LogP contribution is 2.12. The molecule has 1 atom stereocenters. The van der Waals surface area contributed by atoms with Crippen molar-refractivity contribution in [2.45, 2.75) is 98.8 Å². The van der Waals surface area contributed by atoms with Crippen LogP contribution < -0.4 is 10.6 Å². The van der Waals surface area contributed by atoms with Crippen LogP contribution in [0.25, 0.3) is 0 Å². The Morgan fingerprint density at radius 2 is 1.45 bits per heavy atom. The lowest BCUT2D eigenvalue weighted by Gasteiger charge is -2.14. The van der Waals surface area contributed by atoms with Crippen LogP contribution in [0.4, 0.5) is 0 Å². The summed E-state index contributed by atoms with van der Waals surface area (Å²) in [4.78, 5) is 35.7. The third-order valence-corrected chi connectivity index (χ3v) is 6.85. The summed E-state index contributed by atoms with van der Waals surface area (Å²) in [5.41, 5.74) is 1.12. The maximum absolute atomic E-state index is 12.0. The van der Waals surface area contributed by atoms with E-state index in [9.17, 15) is 14.4 Å². The van der Waals surface area contributed by atoms with Crippen molar-refractivity contribution in [1.82, 2.24) is 15.5 Å². The summed E-state index contributed by atoms with van der Waals surface area (Å²) in [5, 5.41) is 5.49. The van der Waals surface area contributed by atoms with Crippen LogP contribution in [0.1, 0.15) is 98.0 Å². The molecule has 1 aromatic carbocycles. The normalized spacial score (nSPS) is 12.5. The smallest absolute Gasteiger partial charge is 0.226 e. The van der Waals surface area contributed by atoms with Gasteiger partial charge in [0.25, 0.3) is 0 Å². The van der Waals surface area contributed by atoms with E-state index < -0.39 is 0 Å². The lowest BCUT2D eigenvalue weighted by atomic mass is 9.99. The van der Waals surface area contributed by atoms with Crippen molar-refractivity contribution in [2.24, 2.45) is 11.8 Å². The largest absolute Gasteiger partial charge is 0.380 e. The minimum absolute atomic E-state index is 0.0763. The van der Waals surface area contributed by atoms with E-state index in [0.717, 1.165) is 57.2 Å². The van der Waals surface area contributed by atoms with Crippen LogP contribution in [0.2, 0.25) is 0 Å². The van der Waals surface area contributed by atoms with Gasteiger partial charge in [-0.2, -0.15) is 0 Å². The minimum Gasteiger partial charge on any atom is -0.380 e. The van der Waals surface area contributed by atoms with E-state index in [0.29, 0.717) is 58.3 Å². The maximum atomic E-state index is 12.0. The third-order valence-electron chi connectivity index (χ3n) is 6.85. The first-order valence-electron chi connectivity index (χ1n) is 16.8. The van der Waals surface area contributed by atoms with Crippen molar-refractivity contribution in [3.63, 3.8) is 0 Å². The topological polar surface area (TPSA) is 97.0 Å². The molecule has 0 saturated carbocycles. The molecule has 1 aliphatic rings. The van der Waals surface area contributed by atoms with Crippen LogP contribution in [0.15, 0.2) is 30.3 Å². The molecule has 44 heavy (non-hydrogen) atoms. The number of hydrogen-bond donors (Lipinski definition) is 2. The number of nitrogens with zero attached hydrogens (tertiary/aromatic N) is 1. The highest BCUT2D eigenvalue weighted by atomic mass is 16.5. The van der Waals surface area contributed by atoms with Gasteiger partial charge in [-0.05, 0) is 43.6 Å². The van der Waals surface area contributed by atoms with Crippen LogP contribution >= 0.6 is 0 Å². The zero-order valence-corrected chi connectivity index (χ0v) is 28.3. The van der Waals surface area contributed by atoms with E-state index in [1.54, 1.807) is 0 Å². The van der Waals surface area contributed by atoms with Gasteiger partial charge in [0.15, 0.2) is 0 Å². The summed E-state index contributed by atoms with van der Waals surface area (Å²) in [6, 6.07) is 9.95. The Morgan fingerprint density at radius 3 is 2.02 bits per heavy atom. The number of hydrogen-bond acceptors (Lipinski definition) is 5. The van der Waals surface area contributed by atoms with Crippen molar-refractivity contribution >= 4 is 18.2 Å². The number of rotatable bonds is 20. The second-order valence-electron chi connectivity index (χ2n) is 11.1. The number of amides is 3. The Balaban J connectivity index is 0.000000951. The summed E-state index contributed by atoms with van der Waals surface area (Å²) in [5.74, 6) is 7.43. The van der Waals surface area contributed by atoms with Crippen molar-refractivity contribution < 1.29 is 23.9 Å². The van der Waals surface area contributed by atoms with Gasteiger partial charge >= 0.3 is 0 Å². The average molecular weight is 616 g/mol. The quantitative estimate of drug-likeness (QED) is 0.110. The predicted molar refractivity (Wildman–Crippen MR) is 180 cm³/mol. The fourth-order valence-corrected chi connectivity index (χ4v) is 4.33. The van der Waals surface area contributed by atoms with Gasteiger partial charge in [0, 0.05) is 58.2 Å². The molecule has 1 aromatic rings. The fourth-order valence-electron chi connectivity index (χ4n) is 4.33. The number of ether oxygens (including phenoxy) is 2. The fraction of sp³-hybridized carbons (Fsp3) is 0.694. The molecule has 0 radical (unpaired) electrons. The molecular formula is C36H61N3O5. The van der Waals surface area contributed by atoms with Gasteiger partial charge in [0.2, 0.25) is 18.2 Å². The molecule has 3 amide bonds. The second-order valence-corrected chi connectivity index (χ2v) is 11.1. The first-order chi connectivity index (χ1) is 21.4. The molecule has 1 aliphatic heterocycles. The number of carbonyl (C=O) groups excluding carboxylic acids is 3. The highest BCUT2D eigenvalue weighted by Gasteiger charge is 2.17. The van der Waals surface area contributed by atoms with Gasteiger partial charge in [0.05, 0.1) is 19.6 Å². The van der Waals surface area contributed by atoms with Crippen molar-refractivity contribution in [3.8, 4) is 11.8 Å². The number of carbonyl (C=O) groups is 3. The molecule has 0 spiro atoms. The Bertz CT molecular complexity index is 892. The summed E-state index contributed by atoms with van der Waals surface area (Å²) in [7, 11) is 0. The number of nitrogens with one attached hydrogen (secondary N) is 2. The summed E-state index contributed by atoms with van der Waals surface area (Å²) >= 11 is 0. The zero-order chi connectivity index (χ0) is 32.7. The molecule has 1 fully saturated rings. The maximum Gasteiger partial charge on any atom is 0.226 e. The Labute approximate surface area is 268 Å². The molecule has 2 N–H and O–H groups in total. The monoisotopic (exact) mass is 615 g/mol. The van der Waals surface area contributed by atoms with E-state index in [4.69, 9.17) is 9.47 Å². The van der Waals surface area contributed by atoms with Gasteiger partial charge in [-0.1, -0.05) is 77.8 Å². The van der Waals surface area contributed by atoms with Crippen LogP contribution in [-0.2, 0) is 30.3 Å². The van der Waals surface area contributed by atoms with E-state index in [-0.39, 0.29) is 17.7 Å². The Kier molecular flexibility index (Phi) is 28.2. The molecule has 0 aromatic heterocycles. The highest BCUT2D eigenvalue weighted by molar-refractivity contribution is 5.79. The molecule has 1 heterocycles. The van der Waals surface area contributed by atoms with E-state index in [2.05, 4.69) is 36.3 Å². The first kappa shape index (κ1) is 41.1. The number of likely N-dealkylation sites (tertiary alicyclic amines) is 1. The molecule has 1 saturated heterocycles. The molecule has 250 valence electrons. The van der Waals surface area contributed by atoms with Crippen LogP contribution in [0, 0.1) is 23.7 Å². The molecule has 0 aliphatic carbocycles. The molecule has 8 nitrogen and oxygen atoms in total. The molecule has 0 bridgehead atoms. The summed E-state index contributed by atoms with van der Waals surface area (Å²) in [6.45, 7) is 15.9. The van der Waals surface area contributed by atoms with Crippen LogP contribution in [-0.4, -0.2) is 75.7 Å². The predicted octanol–water partition coefficient (Wildman–Crippen LogP) is 5.79. The molecule has 2 rings (SSSR count). The zero-order valence-electron chi connectivity index (χ0n) is 28.3. The number of unbranched alkanes of at least 4 members (excludes halogenated alkanes) is 2. The van der Waals surface area contributed by atoms with Gasteiger partial charge in [-0.3, -0.25) is 14.4 Å². The minimum atomic E-state index is 0.0763. The Morgan fingerprint density at radius 1 is 0.864 bits per heavy atom. The summed E-state index contributed by atoms with van der Waals surface area (Å²) < 4.78 is 10.9. The molecule has 0 unspecified atom stereocenters.